The third-order valence-corrected chi connectivity index (χ3v) is 2.09. The fourth-order valence-electron chi connectivity index (χ4n) is 1.66. The van der Waals surface area contributed by atoms with Crippen molar-refractivity contribution in [2.24, 2.45) is 11.0 Å². The molecule has 12 heavy (non-hydrogen) atoms. The third kappa shape index (κ3) is 2.72. The molecule has 0 unspecified atom stereocenters. The smallest absolute Gasteiger partial charge is 0.0513 e. The highest BCUT2D eigenvalue weighted by Crippen LogP contribution is 2.13. The average Bonchev–Trinajstić information content (AvgIpc) is 2.36. The Morgan fingerprint density at radius 1 is 1.67 bits per heavy atom. The molecule has 0 saturated carbocycles. The topological polar surface area (TPSA) is 52.0 Å². The zero-order valence-electron chi connectivity index (χ0n) is 7.77. The molecule has 4 heteroatoms. The lowest BCUT2D eigenvalue weighted by atomic mass is 10.2. The van der Waals surface area contributed by atoms with Crippen molar-refractivity contribution in [3.63, 3.8) is 0 Å². The Morgan fingerprint density at radius 2 is 2.42 bits per heavy atom. The zero-order chi connectivity index (χ0) is 8.97. The normalized spacial score (nSPS) is 24.4. The maximum absolute atomic E-state index is 8.23. The number of hydrogen-bond acceptors (Lipinski definition) is 2. The summed E-state index contributed by atoms with van der Waals surface area (Å²) in [6.07, 6.45) is 1.02. The molecule has 1 rings (SSSR count). The summed E-state index contributed by atoms with van der Waals surface area (Å²) in [5.74, 6) is 0.704. The van der Waals surface area contributed by atoms with Gasteiger partial charge in [-0.05, 0) is 24.4 Å². The maximum atomic E-state index is 8.23. The van der Waals surface area contributed by atoms with E-state index in [0.717, 1.165) is 26.1 Å². The first-order valence-electron chi connectivity index (χ1n) is 4.49. The van der Waals surface area contributed by atoms with Crippen LogP contribution in [0.5, 0.6) is 0 Å². The first-order valence-corrected chi connectivity index (χ1v) is 4.49. The van der Waals surface area contributed by atoms with E-state index in [1.165, 1.54) is 0 Å². The molecule has 0 spiro atoms. The van der Waals surface area contributed by atoms with Crippen molar-refractivity contribution in [1.29, 1.82) is 0 Å². The van der Waals surface area contributed by atoms with E-state index < -0.39 is 0 Å². The molecule has 4 nitrogen and oxygen atoms in total. The fraction of sp³-hybridized carbons (Fsp3) is 1.00. The van der Waals surface area contributed by atoms with Crippen molar-refractivity contribution in [1.82, 2.24) is 4.90 Å². The summed E-state index contributed by atoms with van der Waals surface area (Å²) in [5.41, 5.74) is 8.23. The fourth-order valence-corrected chi connectivity index (χ4v) is 1.66. The maximum Gasteiger partial charge on any atom is 0.0513 e. The molecule has 1 aliphatic rings. The first-order chi connectivity index (χ1) is 5.72. The SMILES string of the molecule is CC(C)CN1CC[C@@H](N=[N+]=[N-])C1. The predicted molar refractivity (Wildman–Crippen MR) is 48.8 cm³/mol. The molecule has 1 saturated heterocycles. The lowest BCUT2D eigenvalue weighted by molar-refractivity contribution is 0.295. The summed E-state index contributed by atoms with van der Waals surface area (Å²) in [6.45, 7) is 7.57. The van der Waals surface area contributed by atoms with Crippen LogP contribution in [0.1, 0.15) is 20.3 Å². The molecule has 0 aliphatic carbocycles. The molecule has 1 atom stereocenters. The Bertz CT molecular complexity index is 183. The van der Waals surface area contributed by atoms with Crippen LogP contribution in [0.2, 0.25) is 0 Å². The number of nitrogens with zero attached hydrogens (tertiary/aromatic N) is 4. The Hall–Kier alpha value is -0.730. The van der Waals surface area contributed by atoms with Gasteiger partial charge in [0, 0.05) is 18.0 Å². The van der Waals surface area contributed by atoms with Crippen molar-refractivity contribution in [2.75, 3.05) is 19.6 Å². The second kappa shape index (κ2) is 4.33. The van der Waals surface area contributed by atoms with Crippen molar-refractivity contribution >= 4 is 0 Å². The molecule has 1 aliphatic heterocycles. The summed E-state index contributed by atoms with van der Waals surface area (Å²) in [5, 5.41) is 3.72. The zero-order valence-corrected chi connectivity index (χ0v) is 7.77. The highest BCUT2D eigenvalue weighted by atomic mass is 15.2. The Kier molecular flexibility index (Phi) is 3.38. The highest BCUT2D eigenvalue weighted by molar-refractivity contribution is 4.81. The molecular weight excluding hydrogens is 152 g/mol. The van der Waals surface area contributed by atoms with Gasteiger partial charge in [0.05, 0.1) is 6.04 Å². The predicted octanol–water partition coefficient (Wildman–Crippen LogP) is 2.03. The van der Waals surface area contributed by atoms with Gasteiger partial charge in [-0.3, -0.25) is 0 Å². The van der Waals surface area contributed by atoms with Gasteiger partial charge in [-0.15, -0.1) is 0 Å². The quantitative estimate of drug-likeness (QED) is 0.361. The minimum atomic E-state index is 0.216. The molecule has 0 radical (unpaired) electrons. The van der Waals surface area contributed by atoms with Crippen molar-refractivity contribution < 1.29 is 0 Å². The summed E-state index contributed by atoms with van der Waals surface area (Å²) in [4.78, 5) is 5.19. The van der Waals surface area contributed by atoms with E-state index in [1.54, 1.807) is 0 Å². The van der Waals surface area contributed by atoms with Gasteiger partial charge in [-0.2, -0.15) is 0 Å². The molecular formula is C8H16N4. The van der Waals surface area contributed by atoms with E-state index in [2.05, 4.69) is 28.8 Å². The van der Waals surface area contributed by atoms with Crippen LogP contribution in [0.3, 0.4) is 0 Å². The van der Waals surface area contributed by atoms with Crippen molar-refractivity contribution in [3.8, 4) is 0 Å². The number of azide groups is 1. The molecule has 0 amide bonds. The van der Waals surface area contributed by atoms with Crippen LogP contribution in [0.25, 0.3) is 10.4 Å². The van der Waals surface area contributed by atoms with E-state index in [1.807, 2.05) is 0 Å². The highest BCUT2D eigenvalue weighted by Gasteiger charge is 2.21. The number of rotatable bonds is 3. The third-order valence-electron chi connectivity index (χ3n) is 2.09. The number of likely N-dealkylation sites (tertiary alicyclic amines) is 1. The van der Waals surface area contributed by atoms with Crippen LogP contribution < -0.4 is 0 Å². The van der Waals surface area contributed by atoms with E-state index in [4.69, 9.17) is 5.53 Å². The second-order valence-corrected chi connectivity index (χ2v) is 3.80. The largest absolute Gasteiger partial charge is 0.303 e. The van der Waals surface area contributed by atoms with E-state index in [0.29, 0.717) is 5.92 Å². The van der Waals surface area contributed by atoms with Gasteiger partial charge < -0.3 is 4.90 Å². The first kappa shape index (κ1) is 9.36. The van der Waals surface area contributed by atoms with Crippen molar-refractivity contribution in [2.45, 2.75) is 26.3 Å². The van der Waals surface area contributed by atoms with Gasteiger partial charge in [0.1, 0.15) is 0 Å². The van der Waals surface area contributed by atoms with Crippen LogP contribution >= 0.6 is 0 Å². The lowest BCUT2D eigenvalue weighted by Crippen LogP contribution is -2.25. The van der Waals surface area contributed by atoms with Crippen LogP contribution in [0.4, 0.5) is 0 Å². The summed E-state index contributed by atoms with van der Waals surface area (Å²) >= 11 is 0. The Labute approximate surface area is 73.2 Å². The summed E-state index contributed by atoms with van der Waals surface area (Å²) < 4.78 is 0. The molecule has 0 aromatic carbocycles. The Morgan fingerprint density at radius 3 is 3.00 bits per heavy atom. The van der Waals surface area contributed by atoms with Crippen molar-refractivity contribution in [3.05, 3.63) is 10.4 Å². The average molecular weight is 168 g/mol. The van der Waals surface area contributed by atoms with Gasteiger partial charge in [0.15, 0.2) is 0 Å². The summed E-state index contributed by atoms with van der Waals surface area (Å²) in [6, 6.07) is 0.216. The van der Waals surface area contributed by atoms with Crippen LogP contribution in [-0.4, -0.2) is 30.6 Å². The molecule has 1 fully saturated rings. The molecule has 0 bridgehead atoms. The van der Waals surface area contributed by atoms with Gasteiger partial charge in [0.25, 0.3) is 0 Å². The monoisotopic (exact) mass is 168 g/mol. The standard InChI is InChI=1S/C8H16N4/c1-7(2)5-12-4-3-8(6-12)10-11-9/h7-8H,3-6H2,1-2H3/t8-/m1/s1. The van der Waals surface area contributed by atoms with Gasteiger partial charge in [-0.1, -0.05) is 19.0 Å². The van der Waals surface area contributed by atoms with Gasteiger partial charge in [0.2, 0.25) is 0 Å². The van der Waals surface area contributed by atoms with Gasteiger partial charge in [-0.25, -0.2) is 0 Å². The van der Waals surface area contributed by atoms with Crippen LogP contribution in [0.15, 0.2) is 5.11 Å². The van der Waals surface area contributed by atoms with E-state index in [-0.39, 0.29) is 6.04 Å². The molecule has 0 aromatic rings. The lowest BCUT2D eigenvalue weighted by Gasteiger charge is -2.16. The second-order valence-electron chi connectivity index (χ2n) is 3.80. The van der Waals surface area contributed by atoms with Crippen LogP contribution in [0, 0.1) is 5.92 Å². The minimum absolute atomic E-state index is 0.216. The van der Waals surface area contributed by atoms with E-state index >= 15 is 0 Å². The summed E-state index contributed by atoms with van der Waals surface area (Å²) in [7, 11) is 0. The van der Waals surface area contributed by atoms with E-state index in [9.17, 15) is 0 Å². The molecule has 0 aromatic heterocycles. The minimum Gasteiger partial charge on any atom is -0.303 e. The van der Waals surface area contributed by atoms with Gasteiger partial charge >= 0.3 is 0 Å². The number of hydrogen-bond donors (Lipinski definition) is 0. The molecule has 68 valence electrons. The van der Waals surface area contributed by atoms with Crippen LogP contribution in [-0.2, 0) is 0 Å². The Balaban J connectivity index is 2.30. The molecule has 1 heterocycles. The molecule has 0 N–H and O–H groups in total.